The molecule has 2 aromatic carbocycles. The van der Waals surface area contributed by atoms with Crippen LogP contribution in [-0.4, -0.2) is 35.3 Å². The molecule has 4 rings (SSSR count). The van der Waals surface area contributed by atoms with Crippen LogP contribution in [0.3, 0.4) is 0 Å². The van der Waals surface area contributed by atoms with E-state index in [1.54, 1.807) is 25.3 Å². The average Bonchev–Trinajstić information content (AvgIpc) is 2.92. The minimum atomic E-state index is -1.08. The van der Waals surface area contributed by atoms with Gasteiger partial charge in [0, 0.05) is 24.2 Å². The van der Waals surface area contributed by atoms with Crippen LogP contribution >= 0.6 is 0 Å². The SMILES string of the molecule is COc1ccc(CN2C3CCC2CC(O)(c2ccccc2F)C3)cc1OC(C)C. The van der Waals surface area contributed by atoms with Crippen molar-refractivity contribution in [2.75, 3.05) is 7.11 Å². The molecule has 4 nitrogen and oxygen atoms in total. The molecule has 5 heteroatoms. The first-order valence-electron chi connectivity index (χ1n) is 10.5. The Hall–Kier alpha value is -2.11. The van der Waals surface area contributed by atoms with Crippen molar-refractivity contribution in [3.63, 3.8) is 0 Å². The molecule has 0 aromatic heterocycles. The predicted molar refractivity (Wildman–Crippen MR) is 111 cm³/mol. The molecule has 0 radical (unpaired) electrons. The Bertz CT molecular complexity index is 855. The van der Waals surface area contributed by atoms with Gasteiger partial charge in [0.1, 0.15) is 5.82 Å². The third-order valence-electron chi connectivity index (χ3n) is 6.25. The van der Waals surface area contributed by atoms with Crippen LogP contribution in [0.25, 0.3) is 0 Å². The summed E-state index contributed by atoms with van der Waals surface area (Å²) in [5, 5.41) is 11.3. The summed E-state index contributed by atoms with van der Waals surface area (Å²) >= 11 is 0. The van der Waals surface area contributed by atoms with E-state index in [1.807, 2.05) is 19.9 Å². The van der Waals surface area contributed by atoms with Crippen LogP contribution in [0.15, 0.2) is 42.5 Å². The van der Waals surface area contributed by atoms with E-state index >= 15 is 0 Å². The van der Waals surface area contributed by atoms with Crippen molar-refractivity contribution < 1.29 is 19.0 Å². The zero-order chi connectivity index (χ0) is 20.6. The van der Waals surface area contributed by atoms with Gasteiger partial charge in [-0.25, -0.2) is 4.39 Å². The average molecular weight is 400 g/mol. The van der Waals surface area contributed by atoms with E-state index in [0.29, 0.717) is 18.4 Å². The van der Waals surface area contributed by atoms with Crippen molar-refractivity contribution >= 4 is 0 Å². The first kappa shape index (κ1) is 20.2. The molecule has 2 unspecified atom stereocenters. The maximum absolute atomic E-state index is 14.4. The van der Waals surface area contributed by atoms with E-state index in [9.17, 15) is 9.50 Å². The fourth-order valence-electron chi connectivity index (χ4n) is 5.01. The number of fused-ring (bicyclic) bond motifs is 2. The van der Waals surface area contributed by atoms with Crippen LogP contribution in [0.4, 0.5) is 4.39 Å². The number of halogens is 1. The lowest BCUT2D eigenvalue weighted by Gasteiger charge is -2.44. The first-order valence-corrected chi connectivity index (χ1v) is 10.5. The van der Waals surface area contributed by atoms with Gasteiger partial charge >= 0.3 is 0 Å². The lowest BCUT2D eigenvalue weighted by atomic mass is 9.80. The van der Waals surface area contributed by atoms with E-state index < -0.39 is 5.60 Å². The molecular weight excluding hydrogens is 369 g/mol. The second-order valence-electron chi connectivity index (χ2n) is 8.63. The Balaban J connectivity index is 1.53. The molecule has 1 N–H and O–H groups in total. The summed E-state index contributed by atoms with van der Waals surface area (Å²) in [7, 11) is 1.65. The highest BCUT2D eigenvalue weighted by Gasteiger charge is 2.48. The van der Waals surface area contributed by atoms with E-state index in [1.165, 1.54) is 6.07 Å². The standard InChI is InChI=1S/C24H30FNO3/c1-16(2)29-23-12-17(8-11-22(23)28-3)15-26-18-9-10-19(26)14-24(27,13-18)20-6-4-5-7-21(20)25/h4-8,11-12,16,18-19,27H,9-10,13-15H2,1-3H3. The van der Waals surface area contributed by atoms with Crippen molar-refractivity contribution in [2.24, 2.45) is 0 Å². The monoisotopic (exact) mass is 399 g/mol. The van der Waals surface area contributed by atoms with E-state index in [4.69, 9.17) is 9.47 Å². The molecule has 2 atom stereocenters. The third-order valence-corrected chi connectivity index (χ3v) is 6.25. The number of hydrogen-bond donors (Lipinski definition) is 1. The smallest absolute Gasteiger partial charge is 0.161 e. The highest BCUT2D eigenvalue weighted by atomic mass is 19.1. The van der Waals surface area contributed by atoms with Gasteiger partial charge in [0.2, 0.25) is 0 Å². The van der Waals surface area contributed by atoms with Crippen molar-refractivity contribution in [1.29, 1.82) is 0 Å². The summed E-state index contributed by atoms with van der Waals surface area (Å²) in [6.07, 6.45) is 3.27. The molecule has 0 aliphatic carbocycles. The van der Waals surface area contributed by atoms with E-state index in [0.717, 1.165) is 36.4 Å². The van der Waals surface area contributed by atoms with Crippen LogP contribution < -0.4 is 9.47 Å². The van der Waals surface area contributed by atoms with Crippen LogP contribution in [-0.2, 0) is 12.1 Å². The largest absolute Gasteiger partial charge is 0.493 e. The van der Waals surface area contributed by atoms with Crippen molar-refractivity contribution in [2.45, 2.75) is 69.9 Å². The molecule has 2 aliphatic rings. The maximum atomic E-state index is 14.4. The second-order valence-corrected chi connectivity index (χ2v) is 8.63. The summed E-state index contributed by atoms with van der Waals surface area (Å²) < 4.78 is 25.7. The fourth-order valence-corrected chi connectivity index (χ4v) is 5.01. The third kappa shape index (κ3) is 3.99. The molecular formula is C24H30FNO3. The lowest BCUT2D eigenvalue weighted by molar-refractivity contribution is -0.0615. The molecule has 29 heavy (non-hydrogen) atoms. The Kier molecular flexibility index (Phi) is 5.54. The Labute approximate surface area is 172 Å². The van der Waals surface area contributed by atoms with Crippen molar-refractivity contribution in [3.8, 4) is 11.5 Å². The van der Waals surface area contributed by atoms with Gasteiger partial charge in [-0.05, 0) is 63.3 Å². The number of benzene rings is 2. The number of ether oxygens (including phenoxy) is 2. The maximum Gasteiger partial charge on any atom is 0.161 e. The van der Waals surface area contributed by atoms with Gasteiger partial charge in [0.15, 0.2) is 11.5 Å². The van der Waals surface area contributed by atoms with Gasteiger partial charge in [0.25, 0.3) is 0 Å². The van der Waals surface area contributed by atoms with Gasteiger partial charge in [-0.3, -0.25) is 4.90 Å². The number of nitrogens with zero attached hydrogens (tertiary/aromatic N) is 1. The van der Waals surface area contributed by atoms with Crippen LogP contribution in [0.5, 0.6) is 11.5 Å². The zero-order valence-electron chi connectivity index (χ0n) is 17.4. The molecule has 0 saturated carbocycles. The minimum Gasteiger partial charge on any atom is -0.493 e. The molecule has 2 aliphatic heterocycles. The minimum absolute atomic E-state index is 0.0705. The molecule has 2 bridgehead atoms. The van der Waals surface area contributed by atoms with Crippen LogP contribution in [0, 0.1) is 5.82 Å². The van der Waals surface area contributed by atoms with Crippen LogP contribution in [0.1, 0.15) is 50.7 Å². The molecule has 2 fully saturated rings. The first-order chi connectivity index (χ1) is 13.9. The van der Waals surface area contributed by atoms with Gasteiger partial charge < -0.3 is 14.6 Å². The predicted octanol–water partition coefficient (Wildman–Crippen LogP) is 4.64. The molecule has 2 aromatic rings. The topological polar surface area (TPSA) is 41.9 Å². The number of hydrogen-bond acceptors (Lipinski definition) is 4. The van der Waals surface area contributed by atoms with E-state index in [2.05, 4.69) is 17.0 Å². The van der Waals surface area contributed by atoms with Gasteiger partial charge in [-0.2, -0.15) is 0 Å². The number of piperidine rings is 1. The fraction of sp³-hybridized carbons (Fsp3) is 0.500. The summed E-state index contributed by atoms with van der Waals surface area (Å²) in [6, 6.07) is 13.2. The summed E-state index contributed by atoms with van der Waals surface area (Å²) in [5.74, 6) is 1.18. The summed E-state index contributed by atoms with van der Waals surface area (Å²) in [4.78, 5) is 2.47. The second kappa shape index (κ2) is 7.96. The molecule has 2 saturated heterocycles. The van der Waals surface area contributed by atoms with Gasteiger partial charge in [-0.15, -0.1) is 0 Å². The molecule has 0 spiro atoms. The number of aliphatic hydroxyl groups is 1. The molecule has 156 valence electrons. The Morgan fingerprint density at radius 1 is 1.10 bits per heavy atom. The van der Waals surface area contributed by atoms with Crippen molar-refractivity contribution in [3.05, 3.63) is 59.4 Å². The van der Waals surface area contributed by atoms with E-state index in [-0.39, 0.29) is 24.0 Å². The van der Waals surface area contributed by atoms with Gasteiger partial charge in [0.05, 0.1) is 18.8 Å². The molecule has 0 amide bonds. The normalized spacial score (nSPS) is 26.7. The quantitative estimate of drug-likeness (QED) is 0.769. The highest BCUT2D eigenvalue weighted by molar-refractivity contribution is 5.43. The van der Waals surface area contributed by atoms with Gasteiger partial charge in [-0.1, -0.05) is 24.3 Å². The Morgan fingerprint density at radius 3 is 2.41 bits per heavy atom. The summed E-state index contributed by atoms with van der Waals surface area (Å²) in [5.41, 5.74) is 0.516. The van der Waals surface area contributed by atoms with Crippen LogP contribution in [0.2, 0.25) is 0 Å². The lowest BCUT2D eigenvalue weighted by Crippen LogP contribution is -2.49. The molecule has 2 heterocycles. The summed E-state index contributed by atoms with van der Waals surface area (Å²) in [6.45, 7) is 4.79. The highest BCUT2D eigenvalue weighted by Crippen LogP contribution is 2.47. The number of methoxy groups -OCH3 is 1. The Morgan fingerprint density at radius 2 is 1.79 bits per heavy atom. The van der Waals surface area contributed by atoms with Crippen molar-refractivity contribution in [1.82, 2.24) is 4.90 Å². The zero-order valence-corrected chi connectivity index (χ0v) is 17.4. The number of rotatable bonds is 6.